The summed E-state index contributed by atoms with van der Waals surface area (Å²) < 4.78 is 5.42. The first-order chi connectivity index (χ1) is 9.10. The minimum absolute atomic E-state index is 0.216. The first-order valence-corrected chi connectivity index (χ1v) is 7.15. The second-order valence-electron chi connectivity index (χ2n) is 6.21. The Kier molecular flexibility index (Phi) is 3.06. The molecule has 3 nitrogen and oxygen atoms in total. The zero-order chi connectivity index (χ0) is 13.6. The molecule has 3 heteroatoms. The highest BCUT2D eigenvalue weighted by atomic mass is 16.5. The maximum absolute atomic E-state index is 5.42. The van der Waals surface area contributed by atoms with Crippen LogP contribution < -0.4 is 10.1 Å². The molecule has 1 unspecified atom stereocenters. The summed E-state index contributed by atoms with van der Waals surface area (Å²) in [5, 5.41) is 3.57. The van der Waals surface area contributed by atoms with Crippen molar-refractivity contribution in [2.75, 3.05) is 27.7 Å². The number of hydrogen-bond donors (Lipinski definition) is 1. The van der Waals surface area contributed by atoms with E-state index in [1.807, 2.05) is 0 Å². The molecule has 1 aliphatic carbocycles. The van der Waals surface area contributed by atoms with Crippen LogP contribution in [0.1, 0.15) is 24.5 Å². The summed E-state index contributed by atoms with van der Waals surface area (Å²) in [7, 11) is 6.10. The minimum atomic E-state index is 0.216. The predicted molar refractivity (Wildman–Crippen MR) is 77.9 cm³/mol. The number of fused-ring (bicyclic) bond motifs is 4. The van der Waals surface area contributed by atoms with Crippen molar-refractivity contribution in [1.82, 2.24) is 10.2 Å². The molecule has 1 fully saturated rings. The van der Waals surface area contributed by atoms with Gasteiger partial charge < -0.3 is 15.0 Å². The summed E-state index contributed by atoms with van der Waals surface area (Å²) >= 11 is 0. The van der Waals surface area contributed by atoms with Crippen molar-refractivity contribution in [2.24, 2.45) is 0 Å². The van der Waals surface area contributed by atoms with Crippen molar-refractivity contribution in [3.8, 4) is 5.75 Å². The lowest BCUT2D eigenvalue weighted by Gasteiger charge is -2.54. The lowest BCUT2D eigenvalue weighted by Crippen LogP contribution is -2.65. The van der Waals surface area contributed by atoms with E-state index < -0.39 is 0 Å². The van der Waals surface area contributed by atoms with Gasteiger partial charge in [-0.15, -0.1) is 0 Å². The van der Waals surface area contributed by atoms with Gasteiger partial charge in [0.05, 0.1) is 7.11 Å². The van der Waals surface area contributed by atoms with Crippen LogP contribution in [0.3, 0.4) is 0 Å². The summed E-state index contributed by atoms with van der Waals surface area (Å²) in [5.74, 6) is 0.979. The highest BCUT2D eigenvalue weighted by Gasteiger charge is 2.49. The second kappa shape index (κ2) is 4.50. The van der Waals surface area contributed by atoms with E-state index in [1.54, 1.807) is 7.11 Å². The number of likely N-dealkylation sites (N-methyl/N-ethyl adjacent to an activating group) is 2. The number of rotatable bonds is 2. The molecule has 0 saturated carbocycles. The summed E-state index contributed by atoms with van der Waals surface area (Å²) in [5.41, 5.74) is 3.19. The van der Waals surface area contributed by atoms with Crippen molar-refractivity contribution in [3.05, 3.63) is 29.3 Å². The fraction of sp³-hybridized carbons (Fsp3) is 0.625. The molecule has 0 aromatic heterocycles. The lowest BCUT2D eigenvalue weighted by molar-refractivity contribution is 0.0701. The predicted octanol–water partition coefficient (Wildman–Crippen LogP) is 1.80. The molecule has 104 valence electrons. The Labute approximate surface area is 115 Å². The SMILES string of the molecule is CN[C@H]1C2Cc3ccc(OC)cc3[C@]1(C)CCN2C. The maximum Gasteiger partial charge on any atom is 0.119 e. The standard InChI is InChI=1S/C16H24N2O/c1-16-7-8-18(3)14(15(16)17-2)9-11-5-6-12(19-4)10-13(11)16/h5-6,10,14-15,17H,7-9H2,1-4H3/t14?,15-,16-/m0/s1. The zero-order valence-corrected chi connectivity index (χ0v) is 12.4. The van der Waals surface area contributed by atoms with E-state index >= 15 is 0 Å². The van der Waals surface area contributed by atoms with Crippen LogP contribution in [0.5, 0.6) is 5.75 Å². The number of nitrogens with one attached hydrogen (secondary N) is 1. The molecule has 2 aliphatic rings. The van der Waals surface area contributed by atoms with Crippen LogP contribution in [0.4, 0.5) is 0 Å². The third-order valence-electron chi connectivity index (χ3n) is 5.29. The van der Waals surface area contributed by atoms with Crippen molar-refractivity contribution in [2.45, 2.75) is 37.3 Å². The van der Waals surface area contributed by atoms with E-state index in [1.165, 1.54) is 24.1 Å². The molecule has 1 aromatic rings. The van der Waals surface area contributed by atoms with Crippen LogP contribution in [-0.2, 0) is 11.8 Å². The van der Waals surface area contributed by atoms with Crippen molar-refractivity contribution >= 4 is 0 Å². The molecule has 1 heterocycles. The second-order valence-corrected chi connectivity index (χ2v) is 6.21. The van der Waals surface area contributed by atoms with Crippen LogP contribution in [0, 0.1) is 0 Å². The Bertz CT molecular complexity index is 488. The maximum atomic E-state index is 5.42. The molecule has 3 rings (SSSR count). The molecular weight excluding hydrogens is 236 g/mol. The lowest BCUT2D eigenvalue weighted by atomic mass is 9.62. The zero-order valence-electron chi connectivity index (χ0n) is 12.4. The summed E-state index contributed by atoms with van der Waals surface area (Å²) in [6, 6.07) is 7.72. The summed E-state index contributed by atoms with van der Waals surface area (Å²) in [6.45, 7) is 3.58. The Morgan fingerprint density at radius 1 is 1.42 bits per heavy atom. The van der Waals surface area contributed by atoms with E-state index in [0.717, 1.165) is 12.2 Å². The largest absolute Gasteiger partial charge is 0.497 e. The van der Waals surface area contributed by atoms with Gasteiger partial charge in [-0.25, -0.2) is 0 Å². The monoisotopic (exact) mass is 260 g/mol. The van der Waals surface area contributed by atoms with Gasteiger partial charge in [0.15, 0.2) is 0 Å². The number of benzene rings is 1. The van der Waals surface area contributed by atoms with E-state index in [9.17, 15) is 0 Å². The molecule has 1 N–H and O–H groups in total. The average Bonchev–Trinajstić information content (AvgIpc) is 2.43. The molecular formula is C16H24N2O. The molecule has 0 spiro atoms. The van der Waals surface area contributed by atoms with E-state index in [0.29, 0.717) is 12.1 Å². The van der Waals surface area contributed by atoms with Gasteiger partial charge in [-0.3, -0.25) is 0 Å². The summed E-state index contributed by atoms with van der Waals surface area (Å²) in [6.07, 6.45) is 2.34. The van der Waals surface area contributed by atoms with Gasteiger partial charge in [-0.2, -0.15) is 0 Å². The molecule has 2 bridgehead atoms. The third kappa shape index (κ3) is 1.79. The number of hydrogen-bond acceptors (Lipinski definition) is 3. The molecule has 19 heavy (non-hydrogen) atoms. The highest BCUT2D eigenvalue weighted by Crippen LogP contribution is 2.45. The van der Waals surface area contributed by atoms with Crippen molar-refractivity contribution in [3.63, 3.8) is 0 Å². The minimum Gasteiger partial charge on any atom is -0.497 e. The molecule has 0 radical (unpaired) electrons. The normalized spacial score (nSPS) is 33.9. The average molecular weight is 260 g/mol. The van der Waals surface area contributed by atoms with Gasteiger partial charge in [-0.1, -0.05) is 13.0 Å². The Morgan fingerprint density at radius 3 is 2.89 bits per heavy atom. The molecule has 0 amide bonds. The number of ether oxygens (including phenoxy) is 1. The van der Waals surface area contributed by atoms with Crippen LogP contribution in [0.25, 0.3) is 0 Å². The molecule has 3 atom stereocenters. The molecule has 1 aromatic carbocycles. The summed E-state index contributed by atoms with van der Waals surface area (Å²) in [4.78, 5) is 2.51. The van der Waals surface area contributed by atoms with Crippen molar-refractivity contribution in [1.29, 1.82) is 0 Å². The van der Waals surface area contributed by atoms with Crippen LogP contribution in [0.15, 0.2) is 18.2 Å². The molecule has 1 saturated heterocycles. The fourth-order valence-electron chi connectivity index (χ4n) is 4.11. The highest BCUT2D eigenvalue weighted by molar-refractivity contribution is 5.45. The van der Waals surface area contributed by atoms with Crippen LogP contribution in [-0.4, -0.2) is 44.7 Å². The number of piperidine rings is 1. The number of likely N-dealkylation sites (tertiary alicyclic amines) is 1. The first-order valence-electron chi connectivity index (χ1n) is 7.15. The van der Waals surface area contributed by atoms with Gasteiger partial charge >= 0.3 is 0 Å². The smallest absolute Gasteiger partial charge is 0.119 e. The van der Waals surface area contributed by atoms with Crippen LogP contribution >= 0.6 is 0 Å². The van der Waals surface area contributed by atoms with Crippen molar-refractivity contribution < 1.29 is 4.74 Å². The number of methoxy groups -OCH3 is 1. The van der Waals surface area contributed by atoms with E-state index in [-0.39, 0.29) is 5.41 Å². The van der Waals surface area contributed by atoms with Gasteiger partial charge in [0, 0.05) is 17.5 Å². The first kappa shape index (κ1) is 12.9. The van der Waals surface area contributed by atoms with Gasteiger partial charge in [-0.05, 0) is 56.7 Å². The Hall–Kier alpha value is -1.06. The topological polar surface area (TPSA) is 24.5 Å². The van der Waals surface area contributed by atoms with E-state index in [4.69, 9.17) is 4.74 Å². The van der Waals surface area contributed by atoms with Gasteiger partial charge in [0.1, 0.15) is 5.75 Å². The Morgan fingerprint density at radius 2 is 2.21 bits per heavy atom. The van der Waals surface area contributed by atoms with Gasteiger partial charge in [0.2, 0.25) is 0 Å². The fourth-order valence-corrected chi connectivity index (χ4v) is 4.11. The third-order valence-corrected chi connectivity index (χ3v) is 5.29. The van der Waals surface area contributed by atoms with Crippen LogP contribution in [0.2, 0.25) is 0 Å². The van der Waals surface area contributed by atoms with E-state index in [2.05, 4.69) is 49.4 Å². The number of nitrogens with zero attached hydrogens (tertiary/aromatic N) is 1. The Balaban J connectivity index is 2.13. The quantitative estimate of drug-likeness (QED) is 0.877. The van der Waals surface area contributed by atoms with Gasteiger partial charge in [0.25, 0.3) is 0 Å². The molecule has 1 aliphatic heterocycles.